The van der Waals surface area contributed by atoms with Gasteiger partial charge in [0.25, 0.3) is 0 Å². The van der Waals surface area contributed by atoms with Crippen LogP contribution in [0.15, 0.2) is 84.9 Å². The highest BCUT2D eigenvalue weighted by Gasteiger charge is 1.92. The van der Waals surface area contributed by atoms with Crippen LogP contribution in [0.2, 0.25) is 0 Å². The summed E-state index contributed by atoms with van der Waals surface area (Å²) in [6.07, 6.45) is 0. The van der Waals surface area contributed by atoms with Crippen LogP contribution in [0.1, 0.15) is 38.8 Å². The summed E-state index contributed by atoms with van der Waals surface area (Å²) in [5.74, 6) is 0. The molecule has 0 spiro atoms. The predicted octanol–water partition coefficient (Wildman–Crippen LogP) is 8.35. The van der Waals surface area contributed by atoms with Crippen molar-refractivity contribution in [3.63, 3.8) is 0 Å². The summed E-state index contributed by atoms with van der Waals surface area (Å²) < 4.78 is 0. The molecule has 0 fully saturated rings. The molecule has 0 aliphatic rings. The van der Waals surface area contributed by atoms with Crippen LogP contribution in [-0.4, -0.2) is 0 Å². The lowest BCUT2D eigenvalue weighted by Gasteiger charge is -1.98. The van der Waals surface area contributed by atoms with Crippen LogP contribution in [0.25, 0.3) is 21.5 Å². The number of benzene rings is 4. The molecule has 0 aliphatic heterocycles. The molecule has 0 aliphatic carbocycles. The maximum atomic E-state index is 2.16. The summed E-state index contributed by atoms with van der Waals surface area (Å²) in [7, 11) is 0. The fraction of sp³-hybridized carbons (Fsp3) is 0.231. The van der Waals surface area contributed by atoms with Crippen molar-refractivity contribution < 1.29 is 0 Å². The fourth-order valence-electron chi connectivity index (χ4n) is 2.77. The molecule has 0 radical (unpaired) electrons. The van der Waals surface area contributed by atoms with E-state index in [9.17, 15) is 0 Å². The highest BCUT2D eigenvalue weighted by Crippen LogP contribution is 2.17. The smallest absolute Gasteiger partial charge is 0.0155 e. The molecule has 0 amide bonds. The maximum Gasteiger partial charge on any atom is -0.0155 e. The standard InChI is InChI=1S/2C11H10.2C2H6/c2*1-9-5-4-7-10-6-2-3-8-11(9)10;2*1-2/h2*2-8H,1H3;2*1-2H3. The van der Waals surface area contributed by atoms with Gasteiger partial charge in [-0.25, -0.2) is 0 Å². The molecule has 0 unspecified atom stereocenters. The van der Waals surface area contributed by atoms with E-state index in [0.29, 0.717) is 0 Å². The van der Waals surface area contributed by atoms with Gasteiger partial charge in [0, 0.05) is 0 Å². The molecule has 4 aromatic rings. The molecule has 0 aromatic heterocycles. The first kappa shape index (κ1) is 21.4. The Hall–Kier alpha value is -2.60. The van der Waals surface area contributed by atoms with Gasteiger partial charge in [0.15, 0.2) is 0 Å². The van der Waals surface area contributed by atoms with Crippen molar-refractivity contribution in [3.8, 4) is 0 Å². The van der Waals surface area contributed by atoms with Gasteiger partial charge in [-0.1, -0.05) is 113 Å². The molecule has 0 saturated carbocycles. The van der Waals surface area contributed by atoms with Gasteiger partial charge in [0.2, 0.25) is 0 Å². The summed E-state index contributed by atoms with van der Waals surface area (Å²) >= 11 is 0. The van der Waals surface area contributed by atoms with E-state index in [4.69, 9.17) is 0 Å². The number of hydrogen-bond acceptors (Lipinski definition) is 0. The van der Waals surface area contributed by atoms with Gasteiger partial charge in [-0.05, 0) is 46.5 Å². The summed E-state index contributed by atoms with van der Waals surface area (Å²) in [5, 5.41) is 5.37. The molecule has 0 heteroatoms. The molecule has 136 valence electrons. The highest BCUT2D eigenvalue weighted by atomic mass is 14.0. The number of aryl methyl sites for hydroxylation is 2. The first-order chi connectivity index (χ1) is 12.8. The van der Waals surface area contributed by atoms with E-state index in [1.807, 2.05) is 27.7 Å². The summed E-state index contributed by atoms with van der Waals surface area (Å²) in [6.45, 7) is 12.3. The molecule has 26 heavy (non-hydrogen) atoms. The van der Waals surface area contributed by atoms with Crippen LogP contribution in [0.5, 0.6) is 0 Å². The van der Waals surface area contributed by atoms with Crippen molar-refractivity contribution >= 4 is 21.5 Å². The minimum absolute atomic E-state index is 1.33. The van der Waals surface area contributed by atoms with Crippen LogP contribution >= 0.6 is 0 Å². The van der Waals surface area contributed by atoms with E-state index in [0.717, 1.165) is 0 Å². The van der Waals surface area contributed by atoms with E-state index in [1.54, 1.807) is 0 Å². The van der Waals surface area contributed by atoms with Crippen molar-refractivity contribution in [1.82, 2.24) is 0 Å². The van der Waals surface area contributed by atoms with Crippen LogP contribution in [0.4, 0.5) is 0 Å². The molecule has 0 saturated heterocycles. The molecule has 0 N–H and O–H groups in total. The average Bonchev–Trinajstić information content (AvgIpc) is 2.72. The third-order valence-corrected chi connectivity index (χ3v) is 4.02. The van der Waals surface area contributed by atoms with Gasteiger partial charge < -0.3 is 0 Å². The molecule has 0 nitrogen and oxygen atoms in total. The van der Waals surface area contributed by atoms with Crippen molar-refractivity contribution in [2.75, 3.05) is 0 Å². The van der Waals surface area contributed by atoms with Gasteiger partial charge >= 0.3 is 0 Å². The Morgan fingerprint density at radius 1 is 0.385 bits per heavy atom. The van der Waals surface area contributed by atoms with E-state index >= 15 is 0 Å². The molecule has 4 aromatic carbocycles. The second kappa shape index (κ2) is 11.9. The normalized spacial score (nSPS) is 9.15. The molecule has 0 heterocycles. The van der Waals surface area contributed by atoms with Crippen molar-refractivity contribution in [2.24, 2.45) is 0 Å². The van der Waals surface area contributed by atoms with Crippen LogP contribution in [0, 0.1) is 13.8 Å². The number of fused-ring (bicyclic) bond motifs is 2. The van der Waals surface area contributed by atoms with Gasteiger partial charge in [0.05, 0.1) is 0 Å². The van der Waals surface area contributed by atoms with Crippen LogP contribution in [-0.2, 0) is 0 Å². The lowest BCUT2D eigenvalue weighted by atomic mass is 10.1. The second-order valence-corrected chi connectivity index (χ2v) is 5.59. The molecule has 4 rings (SSSR count). The van der Waals surface area contributed by atoms with E-state index in [-0.39, 0.29) is 0 Å². The summed E-state index contributed by atoms with van der Waals surface area (Å²) in [4.78, 5) is 0. The average molecular weight is 345 g/mol. The quantitative estimate of drug-likeness (QED) is 0.300. The van der Waals surface area contributed by atoms with Gasteiger partial charge in [-0.2, -0.15) is 0 Å². The zero-order valence-electron chi connectivity index (χ0n) is 17.1. The number of hydrogen-bond donors (Lipinski definition) is 0. The Bertz CT molecular complexity index is 816. The fourth-order valence-corrected chi connectivity index (χ4v) is 2.77. The van der Waals surface area contributed by atoms with Crippen LogP contribution < -0.4 is 0 Å². The third kappa shape index (κ3) is 5.74. The SMILES string of the molecule is CC.CC.Cc1cccc2ccccc12.Cc1cccc2ccccc12. The topological polar surface area (TPSA) is 0 Å². The van der Waals surface area contributed by atoms with Gasteiger partial charge in [-0.15, -0.1) is 0 Å². The second-order valence-electron chi connectivity index (χ2n) is 5.59. The largest absolute Gasteiger partial charge is 0.0683 e. The Kier molecular flexibility index (Phi) is 9.79. The van der Waals surface area contributed by atoms with Crippen molar-refractivity contribution in [1.29, 1.82) is 0 Å². The molecular formula is C26H32. The Balaban J connectivity index is 0.000000219. The summed E-state index contributed by atoms with van der Waals surface area (Å²) in [5.41, 5.74) is 2.70. The van der Waals surface area contributed by atoms with Crippen molar-refractivity contribution in [2.45, 2.75) is 41.5 Å². The zero-order valence-corrected chi connectivity index (χ0v) is 17.1. The van der Waals surface area contributed by atoms with Crippen LogP contribution in [0.3, 0.4) is 0 Å². The number of rotatable bonds is 0. The van der Waals surface area contributed by atoms with Crippen molar-refractivity contribution in [3.05, 3.63) is 96.1 Å². The monoisotopic (exact) mass is 344 g/mol. The lowest BCUT2D eigenvalue weighted by Crippen LogP contribution is -1.75. The van der Waals surface area contributed by atoms with E-state index in [2.05, 4.69) is 98.8 Å². The maximum absolute atomic E-state index is 2.16. The minimum Gasteiger partial charge on any atom is -0.0683 e. The Morgan fingerprint density at radius 2 is 0.692 bits per heavy atom. The molecule has 0 bridgehead atoms. The predicted molar refractivity (Wildman–Crippen MR) is 120 cm³/mol. The third-order valence-electron chi connectivity index (χ3n) is 4.02. The zero-order chi connectivity index (χ0) is 19.4. The van der Waals surface area contributed by atoms with E-state index < -0.39 is 0 Å². The van der Waals surface area contributed by atoms with Gasteiger partial charge in [-0.3, -0.25) is 0 Å². The highest BCUT2D eigenvalue weighted by molar-refractivity contribution is 5.85. The Labute approximate surface area is 159 Å². The van der Waals surface area contributed by atoms with E-state index in [1.165, 1.54) is 32.7 Å². The first-order valence-corrected chi connectivity index (χ1v) is 9.64. The molecular weight excluding hydrogens is 312 g/mol. The lowest BCUT2D eigenvalue weighted by molar-refractivity contribution is 1.50. The Morgan fingerprint density at radius 3 is 1.04 bits per heavy atom. The molecule has 0 atom stereocenters. The van der Waals surface area contributed by atoms with Gasteiger partial charge in [0.1, 0.15) is 0 Å². The minimum atomic E-state index is 1.33. The first-order valence-electron chi connectivity index (χ1n) is 9.64. The summed E-state index contributed by atoms with van der Waals surface area (Å²) in [6, 6.07) is 29.7.